The lowest BCUT2D eigenvalue weighted by Crippen LogP contribution is -2.31. The summed E-state index contributed by atoms with van der Waals surface area (Å²) in [5.74, 6) is 1.43. The van der Waals surface area contributed by atoms with Crippen molar-refractivity contribution in [3.63, 3.8) is 0 Å². The Hall–Kier alpha value is -0.970. The maximum absolute atomic E-state index is 6.29. The Morgan fingerprint density at radius 2 is 2.00 bits per heavy atom. The van der Waals surface area contributed by atoms with E-state index in [1.165, 1.54) is 12.8 Å². The van der Waals surface area contributed by atoms with Crippen LogP contribution in [0.1, 0.15) is 31.2 Å². The van der Waals surface area contributed by atoms with Gasteiger partial charge in [-0.3, -0.25) is 0 Å². The molecule has 1 unspecified atom stereocenters. The van der Waals surface area contributed by atoms with E-state index in [1.807, 2.05) is 12.1 Å². The van der Waals surface area contributed by atoms with E-state index in [2.05, 4.69) is 5.32 Å². The van der Waals surface area contributed by atoms with Crippen LogP contribution in [0.4, 0.5) is 0 Å². The second-order valence-electron chi connectivity index (χ2n) is 5.57. The minimum Gasteiger partial charge on any atom is -0.489 e. The number of halogens is 1. The molecular formula is C16H22ClNO3. The van der Waals surface area contributed by atoms with Gasteiger partial charge < -0.3 is 19.5 Å². The number of benzene rings is 1. The topological polar surface area (TPSA) is 39.7 Å². The second kappa shape index (κ2) is 7.34. The first-order chi connectivity index (χ1) is 10.3. The van der Waals surface area contributed by atoms with E-state index in [4.69, 9.17) is 25.8 Å². The largest absolute Gasteiger partial charge is 0.489 e. The molecule has 1 fully saturated rings. The van der Waals surface area contributed by atoms with E-state index < -0.39 is 0 Å². The third kappa shape index (κ3) is 4.02. The zero-order valence-electron chi connectivity index (χ0n) is 12.2. The standard InChI is InChI=1S/C16H22ClNO3/c17-14-8-12(9-15-16(14)21-7-3-6-20-15)10-18-11-13-4-1-2-5-19-13/h8-9,13,18H,1-7,10-11H2. The summed E-state index contributed by atoms with van der Waals surface area (Å²) in [5.41, 5.74) is 1.11. The average molecular weight is 312 g/mol. The Kier molecular flexibility index (Phi) is 5.22. The first-order valence-electron chi connectivity index (χ1n) is 7.73. The lowest BCUT2D eigenvalue weighted by Gasteiger charge is -2.23. The van der Waals surface area contributed by atoms with Gasteiger partial charge in [0.25, 0.3) is 0 Å². The fourth-order valence-electron chi connectivity index (χ4n) is 2.73. The van der Waals surface area contributed by atoms with Gasteiger partial charge in [0.1, 0.15) is 0 Å². The van der Waals surface area contributed by atoms with Crippen molar-refractivity contribution >= 4 is 11.6 Å². The first kappa shape index (κ1) is 14.9. The Labute approximate surface area is 130 Å². The molecule has 2 aliphatic heterocycles. The van der Waals surface area contributed by atoms with E-state index in [-0.39, 0.29) is 0 Å². The Balaban J connectivity index is 1.57. The quantitative estimate of drug-likeness (QED) is 0.927. The fourth-order valence-corrected chi connectivity index (χ4v) is 3.02. The van der Waals surface area contributed by atoms with Gasteiger partial charge >= 0.3 is 0 Å². The second-order valence-corrected chi connectivity index (χ2v) is 5.98. The Morgan fingerprint density at radius 1 is 1.10 bits per heavy atom. The summed E-state index contributed by atoms with van der Waals surface area (Å²) >= 11 is 6.29. The summed E-state index contributed by atoms with van der Waals surface area (Å²) in [5, 5.41) is 4.07. The minimum atomic E-state index is 0.342. The summed E-state index contributed by atoms with van der Waals surface area (Å²) < 4.78 is 17.1. The molecule has 1 aromatic carbocycles. The lowest BCUT2D eigenvalue weighted by molar-refractivity contribution is 0.0168. The number of nitrogens with one attached hydrogen (secondary N) is 1. The number of ether oxygens (including phenoxy) is 3. The molecule has 1 aromatic rings. The van der Waals surface area contributed by atoms with Crippen LogP contribution in [-0.4, -0.2) is 32.5 Å². The Morgan fingerprint density at radius 3 is 2.86 bits per heavy atom. The van der Waals surface area contributed by atoms with Gasteiger partial charge in [0.2, 0.25) is 0 Å². The summed E-state index contributed by atoms with van der Waals surface area (Å²) in [6, 6.07) is 3.96. The van der Waals surface area contributed by atoms with Gasteiger partial charge in [0.15, 0.2) is 11.5 Å². The summed E-state index contributed by atoms with van der Waals surface area (Å²) in [6.07, 6.45) is 4.83. The van der Waals surface area contributed by atoms with Gasteiger partial charge in [-0.05, 0) is 37.0 Å². The molecule has 0 aromatic heterocycles. The van der Waals surface area contributed by atoms with Crippen molar-refractivity contribution in [3.05, 3.63) is 22.7 Å². The summed E-state index contributed by atoms with van der Waals surface area (Å²) in [6.45, 7) is 3.87. The van der Waals surface area contributed by atoms with Crippen molar-refractivity contribution in [1.82, 2.24) is 5.32 Å². The Bertz CT molecular complexity index is 475. The molecule has 1 N–H and O–H groups in total. The van der Waals surface area contributed by atoms with Crippen molar-refractivity contribution in [2.45, 2.75) is 38.3 Å². The SMILES string of the molecule is Clc1cc(CNCC2CCCCO2)cc2c1OCCCO2. The number of rotatable bonds is 4. The molecule has 1 saturated heterocycles. The van der Waals surface area contributed by atoms with Crippen LogP contribution in [0.5, 0.6) is 11.5 Å². The van der Waals surface area contributed by atoms with E-state index in [0.29, 0.717) is 30.1 Å². The molecule has 2 heterocycles. The van der Waals surface area contributed by atoms with Crippen LogP contribution in [0, 0.1) is 0 Å². The van der Waals surface area contributed by atoms with Gasteiger partial charge in [0, 0.05) is 26.1 Å². The molecule has 1 atom stereocenters. The summed E-state index contributed by atoms with van der Waals surface area (Å²) in [7, 11) is 0. The van der Waals surface area contributed by atoms with Crippen LogP contribution in [0.3, 0.4) is 0 Å². The van der Waals surface area contributed by atoms with Crippen molar-refractivity contribution in [1.29, 1.82) is 0 Å². The highest BCUT2D eigenvalue weighted by molar-refractivity contribution is 6.32. The van der Waals surface area contributed by atoms with Crippen LogP contribution >= 0.6 is 11.6 Å². The third-order valence-electron chi connectivity index (χ3n) is 3.84. The van der Waals surface area contributed by atoms with E-state index in [0.717, 1.165) is 43.9 Å². The molecular weight excluding hydrogens is 290 g/mol. The number of hydrogen-bond donors (Lipinski definition) is 1. The van der Waals surface area contributed by atoms with Gasteiger partial charge in [-0.25, -0.2) is 0 Å². The van der Waals surface area contributed by atoms with Crippen LogP contribution in [-0.2, 0) is 11.3 Å². The van der Waals surface area contributed by atoms with Crippen molar-refractivity contribution in [2.75, 3.05) is 26.4 Å². The van der Waals surface area contributed by atoms with Crippen molar-refractivity contribution < 1.29 is 14.2 Å². The summed E-state index contributed by atoms with van der Waals surface area (Å²) in [4.78, 5) is 0. The molecule has 0 spiro atoms. The average Bonchev–Trinajstić information content (AvgIpc) is 2.74. The molecule has 3 rings (SSSR count). The van der Waals surface area contributed by atoms with Crippen LogP contribution in [0.15, 0.2) is 12.1 Å². The monoisotopic (exact) mass is 311 g/mol. The maximum atomic E-state index is 6.29. The van der Waals surface area contributed by atoms with Crippen molar-refractivity contribution in [2.24, 2.45) is 0 Å². The van der Waals surface area contributed by atoms with Crippen LogP contribution < -0.4 is 14.8 Å². The highest BCUT2D eigenvalue weighted by atomic mass is 35.5. The molecule has 0 saturated carbocycles. The minimum absolute atomic E-state index is 0.342. The molecule has 5 heteroatoms. The van der Waals surface area contributed by atoms with E-state index in [9.17, 15) is 0 Å². The highest BCUT2D eigenvalue weighted by Gasteiger charge is 2.16. The smallest absolute Gasteiger partial charge is 0.179 e. The van der Waals surface area contributed by atoms with Gasteiger partial charge in [-0.2, -0.15) is 0 Å². The normalized spacial score (nSPS) is 21.9. The third-order valence-corrected chi connectivity index (χ3v) is 4.12. The molecule has 4 nitrogen and oxygen atoms in total. The van der Waals surface area contributed by atoms with Crippen molar-refractivity contribution in [3.8, 4) is 11.5 Å². The predicted octanol–water partition coefficient (Wildman–Crippen LogP) is 3.16. The molecule has 0 aliphatic carbocycles. The molecule has 2 aliphatic rings. The molecule has 0 bridgehead atoms. The van der Waals surface area contributed by atoms with Gasteiger partial charge in [0.05, 0.1) is 24.3 Å². The highest BCUT2D eigenvalue weighted by Crippen LogP contribution is 2.37. The zero-order chi connectivity index (χ0) is 14.5. The predicted molar refractivity (Wildman–Crippen MR) is 82.4 cm³/mol. The van der Waals surface area contributed by atoms with Gasteiger partial charge in [-0.15, -0.1) is 0 Å². The molecule has 0 radical (unpaired) electrons. The van der Waals surface area contributed by atoms with E-state index in [1.54, 1.807) is 0 Å². The first-order valence-corrected chi connectivity index (χ1v) is 8.11. The zero-order valence-corrected chi connectivity index (χ0v) is 13.0. The molecule has 21 heavy (non-hydrogen) atoms. The van der Waals surface area contributed by atoms with Crippen LogP contribution in [0.2, 0.25) is 5.02 Å². The lowest BCUT2D eigenvalue weighted by atomic mass is 10.1. The fraction of sp³-hybridized carbons (Fsp3) is 0.625. The number of hydrogen-bond acceptors (Lipinski definition) is 4. The maximum Gasteiger partial charge on any atom is 0.179 e. The van der Waals surface area contributed by atoms with Crippen LogP contribution in [0.25, 0.3) is 0 Å². The van der Waals surface area contributed by atoms with Gasteiger partial charge in [-0.1, -0.05) is 11.6 Å². The molecule has 116 valence electrons. The molecule has 0 amide bonds. The van der Waals surface area contributed by atoms with E-state index >= 15 is 0 Å². The number of fused-ring (bicyclic) bond motifs is 1.